The van der Waals surface area contributed by atoms with Crippen LogP contribution in [0.3, 0.4) is 0 Å². The minimum atomic E-state index is -0.721. The van der Waals surface area contributed by atoms with Crippen molar-refractivity contribution in [2.24, 2.45) is 0 Å². The molecule has 2 atom stereocenters. The van der Waals surface area contributed by atoms with Gasteiger partial charge in [-0.15, -0.1) is 0 Å². The number of aliphatic hydroxyl groups is 2. The van der Waals surface area contributed by atoms with Gasteiger partial charge in [0.1, 0.15) is 12.5 Å². The number of hydrogen-bond donors (Lipinski definition) is 3. The van der Waals surface area contributed by atoms with Gasteiger partial charge in [-0.1, -0.05) is 24.3 Å². The summed E-state index contributed by atoms with van der Waals surface area (Å²) in [6.07, 6.45) is -1.44. The van der Waals surface area contributed by atoms with Crippen LogP contribution in [-0.2, 0) is 0 Å². The zero-order valence-corrected chi connectivity index (χ0v) is 5.86. The number of nitrogens with one attached hydrogen (secondary N) is 1. The third-order valence-corrected chi connectivity index (χ3v) is 1.90. The average Bonchev–Trinajstić information content (AvgIpc) is 2.30. The van der Waals surface area contributed by atoms with E-state index in [1.165, 1.54) is 0 Å². The molecule has 0 bridgehead atoms. The summed E-state index contributed by atoms with van der Waals surface area (Å²) in [4.78, 5) is 0. The molecule has 0 radical (unpaired) electrons. The lowest BCUT2D eigenvalue weighted by atomic mass is 10.1. The van der Waals surface area contributed by atoms with Gasteiger partial charge in [0.15, 0.2) is 0 Å². The van der Waals surface area contributed by atoms with Crippen LogP contribution in [0.25, 0.3) is 0 Å². The van der Waals surface area contributed by atoms with E-state index in [-0.39, 0.29) is 0 Å². The maximum absolute atomic E-state index is 9.28. The lowest BCUT2D eigenvalue weighted by molar-refractivity contribution is 0.0671. The Morgan fingerprint density at radius 1 is 1.00 bits per heavy atom. The lowest BCUT2D eigenvalue weighted by Crippen LogP contribution is -2.16. The minimum Gasteiger partial charge on any atom is -0.374 e. The molecule has 1 aliphatic rings. The molecule has 1 aromatic rings. The molecule has 0 spiro atoms. The Bertz CT molecular complexity index is 248. The van der Waals surface area contributed by atoms with E-state index in [1.54, 1.807) is 12.1 Å². The first kappa shape index (κ1) is 6.79. The van der Waals surface area contributed by atoms with Crippen molar-refractivity contribution in [3.05, 3.63) is 35.4 Å². The number of rotatable bonds is 0. The van der Waals surface area contributed by atoms with Gasteiger partial charge < -0.3 is 10.2 Å². The van der Waals surface area contributed by atoms with Crippen LogP contribution in [0.15, 0.2) is 24.3 Å². The lowest BCUT2D eigenvalue weighted by Gasteiger charge is -2.02. The van der Waals surface area contributed by atoms with Crippen LogP contribution >= 0.6 is 0 Å². The number of hydrogen-bond acceptors (Lipinski definition) is 3. The van der Waals surface area contributed by atoms with Gasteiger partial charge in [-0.2, -0.15) is 0 Å². The highest BCUT2D eigenvalue weighted by molar-refractivity contribution is 5.33. The summed E-state index contributed by atoms with van der Waals surface area (Å²) >= 11 is 0. The quantitative estimate of drug-likeness (QED) is 0.499. The second-order valence-corrected chi connectivity index (χ2v) is 2.60. The number of aliphatic hydroxyl groups excluding tert-OH is 2. The molecule has 1 aliphatic heterocycles. The maximum Gasteiger partial charge on any atom is 0.133 e. The first-order valence-electron chi connectivity index (χ1n) is 3.50. The molecule has 0 aliphatic carbocycles. The second kappa shape index (κ2) is 2.30. The molecular formula is C8H9NO2. The zero-order valence-electron chi connectivity index (χ0n) is 5.86. The van der Waals surface area contributed by atoms with Crippen LogP contribution < -0.4 is 5.32 Å². The molecule has 1 aromatic carbocycles. The van der Waals surface area contributed by atoms with Crippen molar-refractivity contribution >= 4 is 0 Å². The molecule has 1 heterocycles. The van der Waals surface area contributed by atoms with Gasteiger partial charge in [-0.05, 0) is 0 Å². The Balaban J connectivity index is 2.52. The molecule has 0 fully saturated rings. The molecule has 58 valence electrons. The fourth-order valence-electron chi connectivity index (χ4n) is 1.34. The number of fused-ring (bicyclic) bond motifs is 1. The number of benzene rings is 1. The highest BCUT2D eigenvalue weighted by Crippen LogP contribution is 2.28. The summed E-state index contributed by atoms with van der Waals surface area (Å²) in [5.41, 5.74) is 1.53. The fraction of sp³-hybridized carbons (Fsp3) is 0.250. The largest absolute Gasteiger partial charge is 0.374 e. The molecule has 3 N–H and O–H groups in total. The maximum atomic E-state index is 9.28. The molecule has 3 heteroatoms. The second-order valence-electron chi connectivity index (χ2n) is 2.60. The van der Waals surface area contributed by atoms with Crippen LogP contribution in [-0.4, -0.2) is 10.2 Å². The Kier molecular flexibility index (Phi) is 1.42. The van der Waals surface area contributed by atoms with Gasteiger partial charge in [0.2, 0.25) is 0 Å². The molecule has 3 nitrogen and oxygen atoms in total. The van der Waals surface area contributed by atoms with Crippen LogP contribution in [0.1, 0.15) is 23.6 Å². The van der Waals surface area contributed by atoms with Gasteiger partial charge in [0, 0.05) is 11.1 Å². The van der Waals surface area contributed by atoms with Crippen LogP contribution in [0.2, 0.25) is 0 Å². The molecule has 0 unspecified atom stereocenters. The Labute approximate surface area is 64.3 Å². The molecular weight excluding hydrogens is 142 g/mol. The molecule has 0 amide bonds. The summed E-state index contributed by atoms with van der Waals surface area (Å²) < 4.78 is 0. The fourth-order valence-corrected chi connectivity index (χ4v) is 1.34. The highest BCUT2D eigenvalue weighted by atomic mass is 16.3. The standard InChI is InChI=1S/C8H9NO2/c10-7-5-3-1-2-4-6(5)8(11)9-7/h1-4,7-11H/t7-,8+. The summed E-state index contributed by atoms with van der Waals surface area (Å²) in [6.45, 7) is 0. The third kappa shape index (κ3) is 0.939. The molecule has 0 aromatic heterocycles. The Morgan fingerprint density at radius 3 is 1.91 bits per heavy atom. The van der Waals surface area contributed by atoms with E-state index in [9.17, 15) is 10.2 Å². The van der Waals surface area contributed by atoms with Gasteiger partial charge in [0.05, 0.1) is 0 Å². The van der Waals surface area contributed by atoms with Gasteiger partial charge >= 0.3 is 0 Å². The Hall–Kier alpha value is -0.900. The monoisotopic (exact) mass is 151 g/mol. The van der Waals surface area contributed by atoms with E-state index in [2.05, 4.69) is 5.32 Å². The van der Waals surface area contributed by atoms with E-state index in [0.717, 1.165) is 11.1 Å². The van der Waals surface area contributed by atoms with Crippen LogP contribution in [0.5, 0.6) is 0 Å². The average molecular weight is 151 g/mol. The van der Waals surface area contributed by atoms with Gasteiger partial charge in [0.25, 0.3) is 0 Å². The first-order valence-corrected chi connectivity index (χ1v) is 3.50. The topological polar surface area (TPSA) is 52.5 Å². The minimum absolute atomic E-state index is 0.721. The van der Waals surface area contributed by atoms with Crippen molar-refractivity contribution in [3.8, 4) is 0 Å². The smallest absolute Gasteiger partial charge is 0.133 e. The normalized spacial score (nSPS) is 28.5. The third-order valence-electron chi connectivity index (χ3n) is 1.90. The predicted molar refractivity (Wildman–Crippen MR) is 39.5 cm³/mol. The van der Waals surface area contributed by atoms with Crippen molar-refractivity contribution in [1.82, 2.24) is 5.32 Å². The summed E-state index contributed by atoms with van der Waals surface area (Å²) in [7, 11) is 0. The van der Waals surface area contributed by atoms with Crippen molar-refractivity contribution in [3.63, 3.8) is 0 Å². The van der Waals surface area contributed by atoms with Crippen LogP contribution in [0, 0.1) is 0 Å². The summed E-state index contributed by atoms with van der Waals surface area (Å²) in [6, 6.07) is 7.26. The molecule has 0 saturated heterocycles. The molecule has 2 rings (SSSR count). The van der Waals surface area contributed by atoms with Crippen molar-refractivity contribution in [2.75, 3.05) is 0 Å². The van der Waals surface area contributed by atoms with E-state index >= 15 is 0 Å². The SMILES string of the molecule is O[C@@H]1N[C@H](O)c2ccccc21. The van der Waals surface area contributed by atoms with E-state index in [1.807, 2.05) is 12.1 Å². The van der Waals surface area contributed by atoms with E-state index in [0.29, 0.717) is 0 Å². The zero-order chi connectivity index (χ0) is 7.84. The molecule has 11 heavy (non-hydrogen) atoms. The summed E-state index contributed by atoms with van der Waals surface area (Å²) in [5.74, 6) is 0. The van der Waals surface area contributed by atoms with Crippen molar-refractivity contribution < 1.29 is 10.2 Å². The Morgan fingerprint density at radius 2 is 1.45 bits per heavy atom. The van der Waals surface area contributed by atoms with Gasteiger partial charge in [-0.25, -0.2) is 0 Å². The van der Waals surface area contributed by atoms with Crippen LogP contribution in [0.4, 0.5) is 0 Å². The van der Waals surface area contributed by atoms with E-state index in [4.69, 9.17) is 0 Å². The van der Waals surface area contributed by atoms with Crippen molar-refractivity contribution in [2.45, 2.75) is 12.5 Å². The first-order chi connectivity index (χ1) is 5.29. The van der Waals surface area contributed by atoms with Gasteiger partial charge in [-0.3, -0.25) is 5.32 Å². The summed E-state index contributed by atoms with van der Waals surface area (Å²) in [5, 5.41) is 21.2. The molecule has 0 saturated carbocycles. The predicted octanol–water partition coefficient (Wildman–Crippen LogP) is 0.272. The highest BCUT2D eigenvalue weighted by Gasteiger charge is 2.25. The van der Waals surface area contributed by atoms with E-state index < -0.39 is 12.5 Å². The van der Waals surface area contributed by atoms with Crippen molar-refractivity contribution in [1.29, 1.82) is 0 Å².